The van der Waals surface area contributed by atoms with E-state index in [0.717, 1.165) is 6.42 Å². The summed E-state index contributed by atoms with van der Waals surface area (Å²) in [5.41, 5.74) is 0.623. The highest BCUT2D eigenvalue weighted by atomic mass is 16.5. The van der Waals surface area contributed by atoms with Crippen LogP contribution in [0.3, 0.4) is 0 Å². The minimum Gasteiger partial charge on any atom is -0.492 e. The minimum atomic E-state index is -0.885. The lowest BCUT2D eigenvalue weighted by Crippen LogP contribution is -2.38. The van der Waals surface area contributed by atoms with Gasteiger partial charge in [0.05, 0.1) is 12.3 Å². The number of hydrogen-bond donors (Lipinski definition) is 3. The number of carbonyl (C=O) groups excluding carboxylic acids is 1. The molecule has 0 saturated heterocycles. The van der Waals surface area contributed by atoms with Gasteiger partial charge >= 0.3 is 5.97 Å². The summed E-state index contributed by atoms with van der Waals surface area (Å²) in [5, 5.41) is 14.7. The van der Waals surface area contributed by atoms with Crippen LogP contribution in [-0.4, -0.2) is 36.2 Å². The van der Waals surface area contributed by atoms with Crippen molar-refractivity contribution in [2.45, 2.75) is 39.2 Å². The number of rotatable bonds is 10. The molecule has 0 bridgehead atoms. The number of hydrogen-bond acceptors (Lipinski definition) is 4. The molecule has 22 heavy (non-hydrogen) atoms. The standard InChI is InChI=1S/C16H24N2O4/c1-3-7-13(16(20)21)17-11-10-15(19)18-12-8-5-6-9-14(12)22-4-2/h5-6,8-9,13,17H,3-4,7,10-11H2,1-2H3,(H,18,19)(H,20,21). The Balaban J connectivity index is 2.45. The number of amides is 1. The van der Waals surface area contributed by atoms with Crippen LogP contribution in [0, 0.1) is 0 Å². The van der Waals surface area contributed by atoms with Crippen molar-refractivity contribution in [3.05, 3.63) is 24.3 Å². The van der Waals surface area contributed by atoms with Crippen LogP contribution in [0.2, 0.25) is 0 Å². The van der Waals surface area contributed by atoms with Crippen molar-refractivity contribution in [1.29, 1.82) is 0 Å². The molecule has 0 radical (unpaired) electrons. The third-order valence-corrected chi connectivity index (χ3v) is 3.08. The van der Waals surface area contributed by atoms with Crippen LogP contribution in [0.1, 0.15) is 33.1 Å². The van der Waals surface area contributed by atoms with E-state index in [1.54, 1.807) is 12.1 Å². The van der Waals surface area contributed by atoms with Gasteiger partial charge in [0.25, 0.3) is 0 Å². The number of ether oxygens (including phenoxy) is 1. The van der Waals surface area contributed by atoms with Crippen LogP contribution in [0.15, 0.2) is 24.3 Å². The van der Waals surface area contributed by atoms with E-state index in [1.165, 1.54) is 0 Å². The molecule has 3 N–H and O–H groups in total. The van der Waals surface area contributed by atoms with Gasteiger partial charge in [0.15, 0.2) is 0 Å². The second-order valence-electron chi connectivity index (χ2n) is 4.86. The van der Waals surface area contributed by atoms with E-state index in [4.69, 9.17) is 9.84 Å². The Kier molecular flexibility index (Phi) is 7.99. The summed E-state index contributed by atoms with van der Waals surface area (Å²) >= 11 is 0. The highest BCUT2D eigenvalue weighted by molar-refractivity contribution is 5.92. The van der Waals surface area contributed by atoms with Gasteiger partial charge in [-0.2, -0.15) is 0 Å². The third-order valence-electron chi connectivity index (χ3n) is 3.08. The predicted molar refractivity (Wildman–Crippen MR) is 85.2 cm³/mol. The Morgan fingerprint density at radius 3 is 2.64 bits per heavy atom. The predicted octanol–water partition coefficient (Wildman–Crippen LogP) is 2.26. The Morgan fingerprint density at radius 2 is 2.00 bits per heavy atom. The molecule has 0 fully saturated rings. The maximum atomic E-state index is 11.9. The summed E-state index contributed by atoms with van der Waals surface area (Å²) < 4.78 is 5.44. The molecule has 0 aliphatic carbocycles. The number of aliphatic carboxylic acids is 1. The van der Waals surface area contributed by atoms with Crippen molar-refractivity contribution in [2.24, 2.45) is 0 Å². The molecule has 1 aromatic carbocycles. The summed E-state index contributed by atoms with van der Waals surface area (Å²) in [6.45, 7) is 4.64. The van der Waals surface area contributed by atoms with Gasteiger partial charge in [0.2, 0.25) is 5.91 Å². The van der Waals surface area contributed by atoms with E-state index in [0.29, 0.717) is 31.0 Å². The number of para-hydroxylation sites is 2. The summed E-state index contributed by atoms with van der Waals surface area (Å²) in [4.78, 5) is 22.9. The van der Waals surface area contributed by atoms with Gasteiger partial charge in [-0.25, -0.2) is 0 Å². The third kappa shape index (κ3) is 6.13. The van der Waals surface area contributed by atoms with Gasteiger partial charge in [-0.05, 0) is 25.5 Å². The summed E-state index contributed by atoms with van der Waals surface area (Å²) in [5.74, 6) is -0.440. The van der Waals surface area contributed by atoms with Crippen LogP contribution in [0.5, 0.6) is 5.75 Å². The van der Waals surface area contributed by atoms with E-state index >= 15 is 0 Å². The molecular formula is C16H24N2O4. The molecule has 1 atom stereocenters. The number of carboxylic acid groups (broad SMARTS) is 1. The molecule has 0 spiro atoms. The van der Waals surface area contributed by atoms with Crippen LogP contribution in [0.25, 0.3) is 0 Å². The number of benzene rings is 1. The maximum absolute atomic E-state index is 11.9. The van der Waals surface area contributed by atoms with E-state index < -0.39 is 12.0 Å². The van der Waals surface area contributed by atoms with E-state index in [2.05, 4.69) is 10.6 Å². The first-order valence-electron chi connectivity index (χ1n) is 7.56. The number of nitrogens with one attached hydrogen (secondary N) is 2. The Labute approximate surface area is 130 Å². The smallest absolute Gasteiger partial charge is 0.320 e. The van der Waals surface area contributed by atoms with Gasteiger partial charge in [-0.3, -0.25) is 9.59 Å². The largest absolute Gasteiger partial charge is 0.492 e. The highest BCUT2D eigenvalue weighted by Gasteiger charge is 2.15. The van der Waals surface area contributed by atoms with Crippen molar-refractivity contribution in [1.82, 2.24) is 5.32 Å². The van der Waals surface area contributed by atoms with Gasteiger partial charge in [0, 0.05) is 13.0 Å². The molecule has 0 aliphatic heterocycles. The first-order chi connectivity index (χ1) is 10.6. The lowest BCUT2D eigenvalue weighted by atomic mass is 10.1. The first kappa shape index (κ1) is 18.0. The van der Waals surface area contributed by atoms with Crippen LogP contribution >= 0.6 is 0 Å². The van der Waals surface area contributed by atoms with E-state index in [9.17, 15) is 9.59 Å². The van der Waals surface area contributed by atoms with Crippen LogP contribution in [0.4, 0.5) is 5.69 Å². The lowest BCUT2D eigenvalue weighted by Gasteiger charge is -2.14. The molecule has 1 unspecified atom stereocenters. The normalized spacial score (nSPS) is 11.7. The fraction of sp³-hybridized carbons (Fsp3) is 0.500. The Bertz CT molecular complexity index is 491. The fourth-order valence-electron chi connectivity index (χ4n) is 2.03. The molecule has 0 aliphatic rings. The number of carbonyl (C=O) groups is 2. The second kappa shape index (κ2) is 9.78. The average molecular weight is 308 g/mol. The molecule has 6 heteroatoms. The van der Waals surface area contributed by atoms with Crippen molar-refractivity contribution >= 4 is 17.6 Å². The van der Waals surface area contributed by atoms with Crippen molar-refractivity contribution < 1.29 is 19.4 Å². The fourth-order valence-corrected chi connectivity index (χ4v) is 2.03. The molecule has 6 nitrogen and oxygen atoms in total. The zero-order valence-electron chi connectivity index (χ0n) is 13.1. The highest BCUT2D eigenvalue weighted by Crippen LogP contribution is 2.23. The van der Waals surface area contributed by atoms with Crippen molar-refractivity contribution in [3.63, 3.8) is 0 Å². The molecule has 0 saturated carbocycles. The molecule has 0 heterocycles. The Hall–Kier alpha value is -2.08. The van der Waals surface area contributed by atoms with Gasteiger partial charge in [-0.15, -0.1) is 0 Å². The van der Waals surface area contributed by atoms with Crippen molar-refractivity contribution in [2.75, 3.05) is 18.5 Å². The molecule has 0 aromatic heterocycles. The van der Waals surface area contributed by atoms with Crippen LogP contribution < -0.4 is 15.4 Å². The summed E-state index contributed by atoms with van der Waals surface area (Å²) in [6, 6.07) is 6.61. The van der Waals surface area contributed by atoms with Crippen molar-refractivity contribution in [3.8, 4) is 5.75 Å². The second-order valence-corrected chi connectivity index (χ2v) is 4.86. The quantitative estimate of drug-likeness (QED) is 0.617. The summed E-state index contributed by atoms with van der Waals surface area (Å²) in [6.07, 6.45) is 1.52. The molecule has 122 valence electrons. The zero-order chi connectivity index (χ0) is 16.4. The number of anilines is 1. The SMILES string of the molecule is CCCC(NCCC(=O)Nc1ccccc1OCC)C(=O)O. The first-order valence-corrected chi connectivity index (χ1v) is 7.56. The molecular weight excluding hydrogens is 284 g/mol. The van der Waals surface area contributed by atoms with Crippen LogP contribution in [-0.2, 0) is 9.59 Å². The van der Waals surface area contributed by atoms with Gasteiger partial charge < -0.3 is 20.5 Å². The van der Waals surface area contributed by atoms with E-state index in [1.807, 2.05) is 26.0 Å². The monoisotopic (exact) mass is 308 g/mol. The molecule has 1 aromatic rings. The van der Waals surface area contributed by atoms with Gasteiger partial charge in [-0.1, -0.05) is 25.5 Å². The molecule has 1 amide bonds. The lowest BCUT2D eigenvalue weighted by molar-refractivity contribution is -0.139. The molecule has 1 rings (SSSR count). The Morgan fingerprint density at radius 1 is 1.27 bits per heavy atom. The maximum Gasteiger partial charge on any atom is 0.320 e. The van der Waals surface area contributed by atoms with Gasteiger partial charge in [0.1, 0.15) is 11.8 Å². The summed E-state index contributed by atoms with van der Waals surface area (Å²) in [7, 11) is 0. The zero-order valence-corrected chi connectivity index (χ0v) is 13.1. The topological polar surface area (TPSA) is 87.7 Å². The number of carboxylic acids is 1. The average Bonchev–Trinajstić information content (AvgIpc) is 2.48. The van der Waals surface area contributed by atoms with E-state index in [-0.39, 0.29) is 12.3 Å². The minimum absolute atomic E-state index is 0.180.